The van der Waals surface area contributed by atoms with Gasteiger partial charge in [0.25, 0.3) is 0 Å². The zero-order valence-electron chi connectivity index (χ0n) is 8.86. The third-order valence-corrected chi connectivity index (χ3v) is 3.94. The van der Waals surface area contributed by atoms with Crippen molar-refractivity contribution in [3.05, 3.63) is 17.0 Å². The van der Waals surface area contributed by atoms with Crippen molar-refractivity contribution in [2.75, 3.05) is 11.5 Å². The van der Waals surface area contributed by atoms with Crippen molar-refractivity contribution in [1.29, 1.82) is 0 Å². The summed E-state index contributed by atoms with van der Waals surface area (Å²) in [7, 11) is 0. The standard InChI is InChI=1S/C10H14N2O2S/c1-6-9(10(13)14)7(2)12(11-6)8-3-4-15-5-8/h8H,3-5H2,1-2H3,(H,13,14). The van der Waals surface area contributed by atoms with E-state index in [2.05, 4.69) is 5.10 Å². The van der Waals surface area contributed by atoms with Crippen LogP contribution in [0.1, 0.15) is 34.2 Å². The molecule has 1 unspecified atom stereocenters. The van der Waals surface area contributed by atoms with Gasteiger partial charge in [0.15, 0.2) is 0 Å². The van der Waals surface area contributed by atoms with Crippen LogP contribution in [0.15, 0.2) is 0 Å². The molecule has 0 radical (unpaired) electrons. The number of hydrogen-bond acceptors (Lipinski definition) is 3. The maximum atomic E-state index is 11.0. The summed E-state index contributed by atoms with van der Waals surface area (Å²) in [6.45, 7) is 3.60. The molecule has 2 heterocycles. The molecular formula is C10H14N2O2S. The minimum absolute atomic E-state index is 0.368. The molecule has 0 aromatic carbocycles. The molecule has 0 aliphatic carbocycles. The minimum atomic E-state index is -0.873. The van der Waals surface area contributed by atoms with Crippen molar-refractivity contribution >= 4 is 17.7 Å². The lowest BCUT2D eigenvalue weighted by Gasteiger charge is -2.11. The molecule has 0 saturated carbocycles. The van der Waals surface area contributed by atoms with Crippen molar-refractivity contribution in [3.8, 4) is 0 Å². The van der Waals surface area contributed by atoms with Crippen LogP contribution >= 0.6 is 11.8 Å². The fraction of sp³-hybridized carbons (Fsp3) is 0.600. The fourth-order valence-corrected chi connectivity index (χ4v) is 3.23. The van der Waals surface area contributed by atoms with Crippen LogP contribution in [-0.2, 0) is 0 Å². The first kappa shape index (κ1) is 10.5. The smallest absolute Gasteiger partial charge is 0.339 e. The Balaban J connectivity index is 2.40. The van der Waals surface area contributed by atoms with E-state index in [1.165, 1.54) is 0 Å². The third-order valence-electron chi connectivity index (χ3n) is 2.79. The Morgan fingerprint density at radius 1 is 1.60 bits per heavy atom. The van der Waals surface area contributed by atoms with Gasteiger partial charge in [0.1, 0.15) is 5.56 Å². The predicted octanol–water partition coefficient (Wildman–Crippen LogP) is 1.88. The zero-order valence-corrected chi connectivity index (χ0v) is 9.67. The second-order valence-corrected chi connectivity index (χ2v) is 4.96. The van der Waals surface area contributed by atoms with Gasteiger partial charge in [-0.1, -0.05) is 0 Å². The molecule has 0 amide bonds. The number of carboxylic acid groups (broad SMARTS) is 1. The number of aromatic nitrogens is 2. The number of thioether (sulfide) groups is 1. The fourth-order valence-electron chi connectivity index (χ4n) is 2.04. The van der Waals surface area contributed by atoms with E-state index in [0.717, 1.165) is 23.6 Å². The molecule has 1 aromatic heterocycles. The third kappa shape index (κ3) is 1.76. The first-order valence-corrected chi connectivity index (χ1v) is 6.13. The Labute approximate surface area is 92.7 Å². The monoisotopic (exact) mass is 226 g/mol. The minimum Gasteiger partial charge on any atom is -0.478 e. The predicted molar refractivity (Wildman–Crippen MR) is 59.6 cm³/mol. The Kier molecular flexibility index (Phi) is 2.73. The number of carboxylic acids is 1. The summed E-state index contributed by atoms with van der Waals surface area (Å²) in [4.78, 5) is 11.0. The van der Waals surface area contributed by atoms with E-state index in [1.54, 1.807) is 6.92 Å². The molecular weight excluding hydrogens is 212 g/mol. The van der Waals surface area contributed by atoms with Gasteiger partial charge < -0.3 is 5.11 Å². The van der Waals surface area contributed by atoms with Crippen LogP contribution in [0, 0.1) is 13.8 Å². The summed E-state index contributed by atoms with van der Waals surface area (Å²) in [5, 5.41) is 13.4. The Morgan fingerprint density at radius 3 is 2.80 bits per heavy atom. The molecule has 15 heavy (non-hydrogen) atoms. The van der Waals surface area contributed by atoms with Gasteiger partial charge in [-0.3, -0.25) is 4.68 Å². The first-order chi connectivity index (χ1) is 7.11. The van der Waals surface area contributed by atoms with Gasteiger partial charge in [-0.05, 0) is 26.0 Å². The quantitative estimate of drug-likeness (QED) is 0.836. The van der Waals surface area contributed by atoms with Gasteiger partial charge in [-0.25, -0.2) is 4.79 Å². The van der Waals surface area contributed by atoms with Gasteiger partial charge >= 0.3 is 5.97 Å². The second kappa shape index (κ2) is 3.89. The molecule has 2 rings (SSSR count). The van der Waals surface area contributed by atoms with Gasteiger partial charge in [-0.15, -0.1) is 0 Å². The van der Waals surface area contributed by atoms with E-state index >= 15 is 0 Å². The summed E-state index contributed by atoms with van der Waals surface area (Å²) in [6, 6.07) is 0.377. The Bertz CT molecular complexity index is 394. The molecule has 1 fully saturated rings. The molecule has 1 aliphatic rings. The maximum Gasteiger partial charge on any atom is 0.339 e. The second-order valence-electron chi connectivity index (χ2n) is 3.81. The van der Waals surface area contributed by atoms with Crippen molar-refractivity contribution < 1.29 is 9.90 Å². The van der Waals surface area contributed by atoms with Crippen molar-refractivity contribution in [1.82, 2.24) is 9.78 Å². The van der Waals surface area contributed by atoms with E-state index in [0.29, 0.717) is 17.3 Å². The van der Waals surface area contributed by atoms with E-state index in [9.17, 15) is 4.79 Å². The molecule has 4 nitrogen and oxygen atoms in total. The topological polar surface area (TPSA) is 55.1 Å². The first-order valence-electron chi connectivity index (χ1n) is 4.98. The van der Waals surface area contributed by atoms with Crippen LogP contribution in [0.4, 0.5) is 0 Å². The summed E-state index contributed by atoms with van der Waals surface area (Å²) in [6.07, 6.45) is 1.09. The Hall–Kier alpha value is -0.970. The molecule has 0 spiro atoms. The molecule has 0 bridgehead atoms. The lowest BCUT2D eigenvalue weighted by Crippen LogP contribution is -2.12. The highest BCUT2D eigenvalue weighted by Crippen LogP contribution is 2.29. The largest absolute Gasteiger partial charge is 0.478 e. The van der Waals surface area contributed by atoms with Crippen LogP contribution in [0.25, 0.3) is 0 Å². The normalized spacial score (nSPS) is 20.8. The number of hydrogen-bond donors (Lipinski definition) is 1. The number of rotatable bonds is 2. The van der Waals surface area contributed by atoms with E-state index in [1.807, 2.05) is 23.4 Å². The number of carbonyl (C=O) groups is 1. The summed E-state index contributed by atoms with van der Waals surface area (Å²) in [5.41, 5.74) is 1.77. The summed E-state index contributed by atoms with van der Waals surface area (Å²) < 4.78 is 1.89. The molecule has 5 heteroatoms. The average Bonchev–Trinajstić information content (AvgIpc) is 2.72. The number of aryl methyl sites for hydroxylation is 1. The molecule has 1 atom stereocenters. The van der Waals surface area contributed by atoms with E-state index < -0.39 is 5.97 Å². The van der Waals surface area contributed by atoms with Crippen LogP contribution in [-0.4, -0.2) is 32.4 Å². The molecule has 1 aliphatic heterocycles. The zero-order chi connectivity index (χ0) is 11.0. The van der Waals surface area contributed by atoms with Gasteiger partial charge in [0.05, 0.1) is 17.4 Å². The molecule has 1 N–H and O–H groups in total. The Morgan fingerprint density at radius 2 is 2.33 bits per heavy atom. The van der Waals surface area contributed by atoms with Crippen molar-refractivity contribution in [3.63, 3.8) is 0 Å². The van der Waals surface area contributed by atoms with Gasteiger partial charge in [0, 0.05) is 5.75 Å². The van der Waals surface area contributed by atoms with E-state index in [-0.39, 0.29) is 0 Å². The highest BCUT2D eigenvalue weighted by atomic mass is 32.2. The van der Waals surface area contributed by atoms with Gasteiger partial charge in [-0.2, -0.15) is 16.9 Å². The molecule has 1 aromatic rings. The van der Waals surface area contributed by atoms with Gasteiger partial charge in [0.2, 0.25) is 0 Å². The number of aromatic carboxylic acids is 1. The average molecular weight is 226 g/mol. The molecule has 1 saturated heterocycles. The van der Waals surface area contributed by atoms with Crippen molar-refractivity contribution in [2.24, 2.45) is 0 Å². The highest BCUT2D eigenvalue weighted by Gasteiger charge is 2.24. The van der Waals surface area contributed by atoms with Crippen molar-refractivity contribution in [2.45, 2.75) is 26.3 Å². The van der Waals surface area contributed by atoms with E-state index in [4.69, 9.17) is 5.11 Å². The lowest BCUT2D eigenvalue weighted by molar-refractivity contribution is 0.0695. The van der Waals surface area contributed by atoms with Crippen LogP contribution < -0.4 is 0 Å². The highest BCUT2D eigenvalue weighted by molar-refractivity contribution is 7.99. The summed E-state index contributed by atoms with van der Waals surface area (Å²) in [5.74, 6) is 1.31. The maximum absolute atomic E-state index is 11.0. The number of nitrogens with zero attached hydrogens (tertiary/aromatic N) is 2. The molecule has 82 valence electrons. The van der Waals surface area contributed by atoms with Crippen LogP contribution in [0.3, 0.4) is 0 Å². The summed E-state index contributed by atoms with van der Waals surface area (Å²) >= 11 is 1.90. The lowest BCUT2D eigenvalue weighted by atomic mass is 10.2. The van der Waals surface area contributed by atoms with Crippen LogP contribution in [0.5, 0.6) is 0 Å². The SMILES string of the molecule is Cc1nn(C2CCSC2)c(C)c1C(=O)O. The van der Waals surface area contributed by atoms with Crippen LogP contribution in [0.2, 0.25) is 0 Å².